The van der Waals surface area contributed by atoms with E-state index in [0.29, 0.717) is 11.3 Å². The third-order valence-corrected chi connectivity index (χ3v) is 6.58. The number of methoxy groups -OCH3 is 1. The molecule has 3 N–H and O–H groups in total. The average molecular weight is 460 g/mol. The van der Waals surface area contributed by atoms with Crippen LogP contribution < -0.4 is 10.2 Å². The van der Waals surface area contributed by atoms with Gasteiger partial charge < -0.3 is 9.84 Å². The second-order valence-corrected chi connectivity index (χ2v) is 8.72. The van der Waals surface area contributed by atoms with Gasteiger partial charge in [-0.2, -0.15) is 4.31 Å². The number of aromatic hydroxyl groups is 1. The predicted octanol–water partition coefficient (Wildman–Crippen LogP) is 2.98. The minimum atomic E-state index is -4.35. The molecule has 32 heavy (non-hydrogen) atoms. The van der Waals surface area contributed by atoms with E-state index in [1.165, 1.54) is 49.0 Å². The van der Waals surface area contributed by atoms with Gasteiger partial charge in [0.05, 0.1) is 12.0 Å². The number of hydrogen-bond acceptors (Lipinski definition) is 6. The van der Waals surface area contributed by atoms with Crippen LogP contribution in [0.15, 0.2) is 77.7 Å². The standard InChI is InChI=1S/C22H21FN2O6S/c1-31-19-9-5-15(6-10-19)14-25(32(29,30)20-11-7-18(26)8-12-20)21(22(27)24-28)16-3-2-4-17(23)13-16/h2-13,21,26,28H,14H2,1H3,(H,24,27). The molecule has 0 heterocycles. The van der Waals surface area contributed by atoms with Gasteiger partial charge >= 0.3 is 0 Å². The Kier molecular flexibility index (Phi) is 7.08. The van der Waals surface area contributed by atoms with Gasteiger partial charge in [-0.1, -0.05) is 24.3 Å². The minimum Gasteiger partial charge on any atom is -0.508 e. The summed E-state index contributed by atoms with van der Waals surface area (Å²) in [6.45, 7) is -0.276. The summed E-state index contributed by atoms with van der Waals surface area (Å²) in [6, 6.07) is 14.6. The van der Waals surface area contributed by atoms with Crippen LogP contribution in [-0.2, 0) is 21.4 Å². The maximum atomic E-state index is 13.9. The summed E-state index contributed by atoms with van der Waals surface area (Å²) in [5.74, 6) is -1.33. The molecule has 0 aliphatic rings. The number of rotatable bonds is 8. The summed E-state index contributed by atoms with van der Waals surface area (Å²) in [5, 5.41) is 18.9. The number of halogens is 1. The smallest absolute Gasteiger partial charge is 0.266 e. The van der Waals surface area contributed by atoms with Crippen LogP contribution in [0, 0.1) is 5.82 Å². The quantitative estimate of drug-likeness (QED) is 0.352. The van der Waals surface area contributed by atoms with E-state index in [-0.39, 0.29) is 22.8 Å². The Hall–Kier alpha value is -3.47. The number of carbonyl (C=O) groups is 1. The number of hydrogen-bond donors (Lipinski definition) is 3. The summed E-state index contributed by atoms with van der Waals surface area (Å²) in [6.07, 6.45) is 0. The molecular weight excluding hydrogens is 439 g/mol. The van der Waals surface area contributed by atoms with Crippen molar-refractivity contribution in [3.63, 3.8) is 0 Å². The van der Waals surface area contributed by atoms with Crippen molar-refractivity contribution in [3.05, 3.63) is 89.7 Å². The zero-order valence-electron chi connectivity index (χ0n) is 17.0. The van der Waals surface area contributed by atoms with E-state index in [9.17, 15) is 27.9 Å². The first-order valence-corrected chi connectivity index (χ1v) is 10.8. The Morgan fingerprint density at radius 3 is 2.31 bits per heavy atom. The van der Waals surface area contributed by atoms with Gasteiger partial charge in [0.25, 0.3) is 5.91 Å². The monoisotopic (exact) mass is 460 g/mol. The zero-order valence-corrected chi connectivity index (χ0v) is 17.8. The first-order valence-electron chi connectivity index (χ1n) is 9.39. The minimum absolute atomic E-state index is 0.0208. The fourth-order valence-electron chi connectivity index (χ4n) is 3.17. The highest BCUT2D eigenvalue weighted by Gasteiger charge is 2.37. The summed E-state index contributed by atoms with van der Waals surface area (Å²) < 4.78 is 47.0. The van der Waals surface area contributed by atoms with E-state index in [4.69, 9.17) is 4.74 Å². The predicted molar refractivity (Wildman–Crippen MR) is 113 cm³/mol. The van der Waals surface area contributed by atoms with Gasteiger partial charge in [0, 0.05) is 6.54 Å². The number of phenols is 1. The molecule has 168 valence electrons. The Morgan fingerprint density at radius 1 is 1.09 bits per heavy atom. The van der Waals surface area contributed by atoms with Gasteiger partial charge in [0.1, 0.15) is 23.4 Å². The molecule has 8 nitrogen and oxygen atoms in total. The van der Waals surface area contributed by atoms with E-state index in [0.717, 1.165) is 16.4 Å². The molecule has 0 spiro atoms. The first-order chi connectivity index (χ1) is 15.3. The van der Waals surface area contributed by atoms with Crippen LogP contribution in [-0.4, -0.2) is 36.1 Å². The van der Waals surface area contributed by atoms with Gasteiger partial charge in [0.2, 0.25) is 10.0 Å². The van der Waals surface area contributed by atoms with Crippen LogP contribution in [0.5, 0.6) is 11.5 Å². The topological polar surface area (TPSA) is 116 Å². The lowest BCUT2D eigenvalue weighted by atomic mass is 10.1. The molecule has 3 rings (SSSR count). The lowest BCUT2D eigenvalue weighted by Crippen LogP contribution is -2.42. The third kappa shape index (κ3) is 5.05. The van der Waals surface area contributed by atoms with Crippen molar-refractivity contribution in [1.29, 1.82) is 0 Å². The highest BCUT2D eigenvalue weighted by Crippen LogP contribution is 2.31. The van der Waals surface area contributed by atoms with Crippen molar-refractivity contribution in [2.75, 3.05) is 7.11 Å². The molecule has 1 unspecified atom stereocenters. The number of hydroxylamine groups is 1. The van der Waals surface area contributed by atoms with E-state index in [1.807, 2.05) is 0 Å². The van der Waals surface area contributed by atoms with Crippen molar-refractivity contribution >= 4 is 15.9 Å². The molecule has 0 fully saturated rings. The number of amides is 1. The molecule has 0 saturated heterocycles. The van der Waals surface area contributed by atoms with Crippen LogP contribution >= 0.6 is 0 Å². The number of nitrogens with zero attached hydrogens (tertiary/aromatic N) is 1. The van der Waals surface area contributed by atoms with Crippen molar-refractivity contribution < 1.29 is 32.7 Å². The molecule has 3 aromatic carbocycles. The van der Waals surface area contributed by atoms with Gasteiger partial charge in [-0.15, -0.1) is 0 Å². The largest absolute Gasteiger partial charge is 0.508 e. The van der Waals surface area contributed by atoms with Crippen molar-refractivity contribution in [3.8, 4) is 11.5 Å². The number of sulfonamides is 1. The summed E-state index contributed by atoms with van der Waals surface area (Å²) in [7, 11) is -2.86. The second-order valence-electron chi connectivity index (χ2n) is 6.83. The van der Waals surface area contributed by atoms with Gasteiger partial charge in [0.15, 0.2) is 0 Å². The fraction of sp³-hybridized carbons (Fsp3) is 0.136. The molecule has 0 radical (unpaired) electrons. The van der Waals surface area contributed by atoms with Crippen LogP contribution in [0.2, 0.25) is 0 Å². The number of benzene rings is 3. The third-order valence-electron chi connectivity index (χ3n) is 4.75. The number of phenolic OH excluding ortho intramolecular Hbond substituents is 1. The van der Waals surface area contributed by atoms with Crippen molar-refractivity contribution in [2.24, 2.45) is 0 Å². The molecule has 1 atom stereocenters. The normalized spacial score (nSPS) is 12.4. The summed E-state index contributed by atoms with van der Waals surface area (Å²) in [4.78, 5) is 12.4. The average Bonchev–Trinajstić information content (AvgIpc) is 2.79. The SMILES string of the molecule is COc1ccc(CN(C(C(=O)NO)c2cccc(F)c2)S(=O)(=O)c2ccc(O)cc2)cc1. The summed E-state index contributed by atoms with van der Waals surface area (Å²) >= 11 is 0. The fourth-order valence-corrected chi connectivity index (χ4v) is 4.73. The lowest BCUT2D eigenvalue weighted by molar-refractivity contribution is -0.133. The van der Waals surface area contributed by atoms with Crippen LogP contribution in [0.3, 0.4) is 0 Å². The highest BCUT2D eigenvalue weighted by molar-refractivity contribution is 7.89. The van der Waals surface area contributed by atoms with E-state index >= 15 is 0 Å². The Bertz CT molecular complexity index is 1180. The molecule has 0 aliphatic heterocycles. The van der Waals surface area contributed by atoms with Crippen LogP contribution in [0.4, 0.5) is 4.39 Å². The van der Waals surface area contributed by atoms with Crippen molar-refractivity contribution in [2.45, 2.75) is 17.5 Å². The molecular formula is C22H21FN2O6S. The second kappa shape index (κ2) is 9.77. The zero-order chi connectivity index (χ0) is 23.3. The Labute approximate surface area is 184 Å². The maximum Gasteiger partial charge on any atom is 0.266 e. The molecule has 1 amide bonds. The van der Waals surface area contributed by atoms with Gasteiger partial charge in [-0.05, 0) is 59.7 Å². The number of carbonyl (C=O) groups excluding carboxylic acids is 1. The molecule has 0 aliphatic carbocycles. The molecule has 3 aromatic rings. The van der Waals surface area contributed by atoms with E-state index in [2.05, 4.69) is 0 Å². The van der Waals surface area contributed by atoms with Crippen LogP contribution in [0.1, 0.15) is 17.2 Å². The lowest BCUT2D eigenvalue weighted by Gasteiger charge is -2.30. The molecule has 10 heteroatoms. The Balaban J connectivity index is 2.16. The number of ether oxygens (including phenoxy) is 1. The molecule has 0 aromatic heterocycles. The van der Waals surface area contributed by atoms with E-state index < -0.39 is 27.8 Å². The Morgan fingerprint density at radius 2 is 1.75 bits per heavy atom. The summed E-state index contributed by atoms with van der Waals surface area (Å²) in [5.41, 5.74) is 2.01. The highest BCUT2D eigenvalue weighted by atomic mass is 32.2. The molecule has 0 saturated carbocycles. The van der Waals surface area contributed by atoms with Crippen LogP contribution in [0.25, 0.3) is 0 Å². The molecule has 0 bridgehead atoms. The number of nitrogens with one attached hydrogen (secondary N) is 1. The van der Waals surface area contributed by atoms with Gasteiger partial charge in [-0.25, -0.2) is 18.3 Å². The maximum absolute atomic E-state index is 13.9. The van der Waals surface area contributed by atoms with E-state index in [1.54, 1.807) is 24.3 Å². The van der Waals surface area contributed by atoms with Gasteiger partial charge in [-0.3, -0.25) is 10.0 Å². The first kappa shape index (κ1) is 23.2. The van der Waals surface area contributed by atoms with Crippen molar-refractivity contribution in [1.82, 2.24) is 9.79 Å².